The molecule has 0 aromatic carbocycles. The minimum atomic E-state index is -0.126. The van der Waals surface area contributed by atoms with Crippen LogP contribution < -0.4 is 5.32 Å². The molecule has 118 valence electrons. The highest BCUT2D eigenvalue weighted by Crippen LogP contribution is 2.17. The zero-order valence-corrected chi connectivity index (χ0v) is 13.6. The second-order valence-electron chi connectivity index (χ2n) is 6.96. The topological polar surface area (TPSA) is 64.7 Å². The second-order valence-corrected chi connectivity index (χ2v) is 6.96. The molecular formula is C16H23N5O. The van der Waals surface area contributed by atoms with E-state index in [-0.39, 0.29) is 17.5 Å². The number of nitrogens with one attached hydrogen (secondary N) is 1. The Kier molecular flexibility index (Phi) is 3.54. The van der Waals surface area contributed by atoms with E-state index in [0.717, 1.165) is 30.9 Å². The van der Waals surface area contributed by atoms with Crippen molar-refractivity contribution >= 4 is 5.91 Å². The number of carbonyl (C=O) groups excluding carboxylic acids is 1. The van der Waals surface area contributed by atoms with Crippen molar-refractivity contribution in [3.8, 4) is 0 Å². The first-order valence-electron chi connectivity index (χ1n) is 7.72. The number of rotatable bonds is 2. The predicted octanol–water partition coefficient (Wildman–Crippen LogP) is 1.89. The van der Waals surface area contributed by atoms with E-state index < -0.39 is 0 Å². The van der Waals surface area contributed by atoms with Crippen molar-refractivity contribution < 1.29 is 4.79 Å². The van der Waals surface area contributed by atoms with Crippen molar-refractivity contribution in [3.05, 3.63) is 35.7 Å². The molecular weight excluding hydrogens is 278 g/mol. The number of aromatic nitrogens is 4. The smallest absolute Gasteiger partial charge is 0.272 e. The molecule has 2 aromatic rings. The maximum Gasteiger partial charge on any atom is 0.272 e. The van der Waals surface area contributed by atoms with E-state index in [0.29, 0.717) is 5.69 Å². The molecule has 0 bridgehead atoms. The monoisotopic (exact) mass is 301 g/mol. The van der Waals surface area contributed by atoms with Crippen LogP contribution in [0.4, 0.5) is 0 Å². The third-order valence-electron chi connectivity index (χ3n) is 4.03. The number of aryl methyl sites for hydroxylation is 2. The summed E-state index contributed by atoms with van der Waals surface area (Å²) in [5.74, 6) is 0.998. The van der Waals surface area contributed by atoms with Crippen molar-refractivity contribution in [2.24, 2.45) is 0 Å². The van der Waals surface area contributed by atoms with E-state index in [1.165, 1.54) is 0 Å². The van der Waals surface area contributed by atoms with Crippen molar-refractivity contribution in [1.29, 1.82) is 0 Å². The van der Waals surface area contributed by atoms with Gasteiger partial charge in [-0.15, -0.1) is 0 Å². The molecule has 0 unspecified atom stereocenters. The van der Waals surface area contributed by atoms with Crippen LogP contribution in [-0.4, -0.2) is 31.3 Å². The third-order valence-corrected chi connectivity index (χ3v) is 4.03. The first kappa shape index (κ1) is 14.8. The Balaban J connectivity index is 1.71. The Morgan fingerprint density at radius 3 is 2.86 bits per heavy atom. The van der Waals surface area contributed by atoms with E-state index in [2.05, 4.69) is 40.7 Å². The molecule has 0 saturated carbocycles. The lowest BCUT2D eigenvalue weighted by Crippen LogP contribution is -2.41. The number of amides is 1. The average molecular weight is 301 g/mol. The van der Waals surface area contributed by atoms with E-state index in [1.807, 2.05) is 30.1 Å². The number of fused-ring (bicyclic) bond motifs is 1. The first-order valence-corrected chi connectivity index (χ1v) is 7.72. The Hall–Kier alpha value is -2.11. The summed E-state index contributed by atoms with van der Waals surface area (Å²) in [6, 6.07) is 1.99. The summed E-state index contributed by atoms with van der Waals surface area (Å²) in [6.07, 6.45) is 5.59. The number of carbonyl (C=O) groups is 1. The number of hydrogen-bond donors (Lipinski definition) is 1. The van der Waals surface area contributed by atoms with Gasteiger partial charge in [0.25, 0.3) is 5.91 Å². The summed E-state index contributed by atoms with van der Waals surface area (Å²) >= 11 is 0. The van der Waals surface area contributed by atoms with Crippen LogP contribution >= 0.6 is 0 Å². The van der Waals surface area contributed by atoms with Crippen LogP contribution in [0.15, 0.2) is 18.5 Å². The maximum absolute atomic E-state index is 12.4. The molecule has 1 N–H and O–H groups in total. The molecule has 0 fully saturated rings. The standard InChI is InChI=1S/C16H23N5O/c1-11-9-13(19-21(11)16(2,3)4)15(22)18-12-5-6-14-17-7-8-20(14)10-12/h7-9,12H,5-6,10H2,1-4H3,(H,18,22)/t12-/m0/s1. The Bertz CT molecular complexity index is 692. The van der Waals surface area contributed by atoms with Gasteiger partial charge in [-0.05, 0) is 40.2 Å². The normalized spacial score (nSPS) is 18.1. The van der Waals surface area contributed by atoms with E-state index in [4.69, 9.17) is 0 Å². The highest BCUT2D eigenvalue weighted by Gasteiger charge is 2.24. The first-order chi connectivity index (χ1) is 10.3. The van der Waals surface area contributed by atoms with E-state index >= 15 is 0 Å². The van der Waals surface area contributed by atoms with Gasteiger partial charge in [0.2, 0.25) is 0 Å². The lowest BCUT2D eigenvalue weighted by atomic mass is 10.1. The van der Waals surface area contributed by atoms with E-state index in [9.17, 15) is 4.79 Å². The fourth-order valence-electron chi connectivity index (χ4n) is 3.01. The van der Waals surface area contributed by atoms with Crippen LogP contribution in [0, 0.1) is 6.92 Å². The zero-order valence-electron chi connectivity index (χ0n) is 13.6. The fourth-order valence-corrected chi connectivity index (χ4v) is 3.01. The summed E-state index contributed by atoms with van der Waals surface area (Å²) in [6.45, 7) is 9.00. The molecule has 0 saturated heterocycles. The van der Waals surface area contributed by atoms with Gasteiger partial charge in [-0.3, -0.25) is 9.48 Å². The van der Waals surface area contributed by atoms with Gasteiger partial charge in [0.1, 0.15) is 11.5 Å². The lowest BCUT2D eigenvalue weighted by molar-refractivity contribution is 0.0921. The minimum absolute atomic E-state index is 0.0975. The van der Waals surface area contributed by atoms with Gasteiger partial charge in [-0.25, -0.2) is 4.98 Å². The summed E-state index contributed by atoms with van der Waals surface area (Å²) in [4.78, 5) is 16.7. The minimum Gasteiger partial charge on any atom is -0.346 e. The van der Waals surface area contributed by atoms with Gasteiger partial charge in [-0.1, -0.05) is 0 Å². The zero-order chi connectivity index (χ0) is 15.9. The van der Waals surface area contributed by atoms with Crippen molar-refractivity contribution in [2.75, 3.05) is 0 Å². The van der Waals surface area contributed by atoms with Crippen LogP contribution in [0.5, 0.6) is 0 Å². The molecule has 0 aliphatic carbocycles. The van der Waals surface area contributed by atoms with Crippen LogP contribution in [0.25, 0.3) is 0 Å². The Morgan fingerprint density at radius 1 is 1.41 bits per heavy atom. The predicted molar refractivity (Wildman–Crippen MR) is 83.8 cm³/mol. The quantitative estimate of drug-likeness (QED) is 0.921. The molecule has 1 aliphatic rings. The van der Waals surface area contributed by atoms with Gasteiger partial charge < -0.3 is 9.88 Å². The van der Waals surface area contributed by atoms with Gasteiger partial charge in [-0.2, -0.15) is 5.10 Å². The third kappa shape index (κ3) is 2.77. The highest BCUT2D eigenvalue weighted by atomic mass is 16.2. The summed E-state index contributed by atoms with van der Waals surface area (Å²) in [5.41, 5.74) is 1.36. The van der Waals surface area contributed by atoms with Crippen LogP contribution in [0.2, 0.25) is 0 Å². The molecule has 0 spiro atoms. The molecule has 3 heterocycles. The highest BCUT2D eigenvalue weighted by molar-refractivity contribution is 5.92. The average Bonchev–Trinajstić information content (AvgIpc) is 3.03. The van der Waals surface area contributed by atoms with Gasteiger partial charge in [0.15, 0.2) is 0 Å². The van der Waals surface area contributed by atoms with Crippen molar-refractivity contribution in [1.82, 2.24) is 24.6 Å². The maximum atomic E-state index is 12.4. The summed E-state index contributed by atoms with van der Waals surface area (Å²) in [7, 11) is 0. The molecule has 3 rings (SSSR count). The number of imidazole rings is 1. The summed E-state index contributed by atoms with van der Waals surface area (Å²) in [5, 5.41) is 7.56. The van der Waals surface area contributed by atoms with Crippen molar-refractivity contribution in [3.63, 3.8) is 0 Å². The Labute approximate surface area is 130 Å². The number of nitrogens with zero attached hydrogens (tertiary/aromatic N) is 4. The molecule has 6 heteroatoms. The molecule has 0 radical (unpaired) electrons. The lowest BCUT2D eigenvalue weighted by Gasteiger charge is -2.24. The molecule has 1 atom stereocenters. The van der Waals surface area contributed by atoms with Crippen molar-refractivity contribution in [2.45, 2.75) is 58.7 Å². The molecule has 1 aliphatic heterocycles. The molecule has 6 nitrogen and oxygen atoms in total. The van der Waals surface area contributed by atoms with Crippen LogP contribution in [0.3, 0.4) is 0 Å². The largest absolute Gasteiger partial charge is 0.346 e. The number of hydrogen-bond acceptors (Lipinski definition) is 3. The van der Waals surface area contributed by atoms with Crippen LogP contribution in [-0.2, 0) is 18.5 Å². The fraction of sp³-hybridized carbons (Fsp3) is 0.562. The van der Waals surface area contributed by atoms with Gasteiger partial charge in [0, 0.05) is 37.1 Å². The van der Waals surface area contributed by atoms with Gasteiger partial charge in [0.05, 0.1) is 5.54 Å². The molecule has 1 amide bonds. The molecule has 2 aromatic heterocycles. The van der Waals surface area contributed by atoms with Crippen LogP contribution in [0.1, 0.15) is 49.2 Å². The van der Waals surface area contributed by atoms with E-state index in [1.54, 1.807) is 0 Å². The SMILES string of the molecule is Cc1cc(C(=O)N[C@H]2CCc3nccn3C2)nn1C(C)(C)C. The Morgan fingerprint density at radius 2 is 2.18 bits per heavy atom. The van der Waals surface area contributed by atoms with Gasteiger partial charge >= 0.3 is 0 Å². The second kappa shape index (κ2) is 5.26. The molecule has 22 heavy (non-hydrogen) atoms. The summed E-state index contributed by atoms with van der Waals surface area (Å²) < 4.78 is 4.00.